The molecule has 0 aliphatic carbocycles. The van der Waals surface area contributed by atoms with Crippen LogP contribution >= 0.6 is 7.60 Å². The summed E-state index contributed by atoms with van der Waals surface area (Å²) < 4.78 is 28.4. The first-order valence-corrected chi connectivity index (χ1v) is 12.8. The molecule has 0 saturated carbocycles. The van der Waals surface area contributed by atoms with E-state index >= 15 is 0 Å². The summed E-state index contributed by atoms with van der Waals surface area (Å²) >= 11 is 0. The smallest absolute Gasteiger partial charge is 0.354 e. The Bertz CT molecular complexity index is 574. The van der Waals surface area contributed by atoms with Crippen LogP contribution < -0.4 is 0 Å². The van der Waals surface area contributed by atoms with Gasteiger partial charge in [-0.3, -0.25) is 4.57 Å². The van der Waals surface area contributed by atoms with Gasteiger partial charge in [0.25, 0.3) is 0 Å². The van der Waals surface area contributed by atoms with Crippen LogP contribution in [0, 0.1) is 0 Å². The predicted octanol–water partition coefficient (Wildman–Crippen LogP) is 6.25. The zero-order chi connectivity index (χ0) is 21.5. The number of rotatable bonds is 17. The molecule has 168 valence electrons. The second-order valence-electron chi connectivity index (χ2n) is 7.35. The fraction of sp³-hybridized carbons (Fsp3) is 0.773. The van der Waals surface area contributed by atoms with Gasteiger partial charge in [0.05, 0.1) is 13.2 Å². The molecule has 0 aromatic rings. The van der Waals surface area contributed by atoms with Gasteiger partial charge in [-0.1, -0.05) is 64.7 Å². The van der Waals surface area contributed by atoms with Crippen molar-refractivity contribution in [2.24, 2.45) is 0 Å². The Balaban J connectivity index is 2.58. The predicted molar refractivity (Wildman–Crippen MR) is 116 cm³/mol. The number of hydrogen-bond acceptors (Lipinski definition) is 6. The van der Waals surface area contributed by atoms with E-state index < -0.39 is 19.9 Å². The number of aliphatic hydroxyl groups excluding tert-OH is 1. The number of ether oxygens (including phenoxy) is 1. The van der Waals surface area contributed by atoms with Crippen molar-refractivity contribution in [2.45, 2.75) is 97.7 Å². The molecular formula is C22H39O6P. The lowest BCUT2D eigenvalue weighted by Crippen LogP contribution is -2.12. The monoisotopic (exact) mass is 430 g/mol. The Kier molecular flexibility index (Phi) is 13.5. The first kappa shape index (κ1) is 26.1. The maximum Gasteiger partial charge on any atom is 0.354 e. The number of carbonyl (C=O) groups excluding carboxylic acids is 1. The van der Waals surface area contributed by atoms with E-state index in [4.69, 9.17) is 13.8 Å². The largest absolute Gasteiger partial charge is 0.428 e. The molecule has 7 heteroatoms. The van der Waals surface area contributed by atoms with Gasteiger partial charge in [0.15, 0.2) is 0 Å². The highest BCUT2D eigenvalue weighted by Crippen LogP contribution is 2.52. The van der Waals surface area contributed by atoms with E-state index in [2.05, 4.69) is 6.92 Å². The van der Waals surface area contributed by atoms with Crippen molar-refractivity contribution in [3.8, 4) is 0 Å². The van der Waals surface area contributed by atoms with Gasteiger partial charge in [0, 0.05) is 17.5 Å². The quantitative estimate of drug-likeness (QED) is 0.167. The number of esters is 1. The normalized spacial score (nSPS) is 17.5. The van der Waals surface area contributed by atoms with Crippen LogP contribution in [0.1, 0.15) is 91.4 Å². The van der Waals surface area contributed by atoms with Crippen LogP contribution in [0.2, 0.25) is 0 Å². The van der Waals surface area contributed by atoms with E-state index in [1.54, 1.807) is 13.8 Å². The lowest BCUT2D eigenvalue weighted by atomic mass is 10.00. The van der Waals surface area contributed by atoms with Gasteiger partial charge in [-0.05, 0) is 32.3 Å². The van der Waals surface area contributed by atoms with Crippen molar-refractivity contribution >= 4 is 13.6 Å². The van der Waals surface area contributed by atoms with Gasteiger partial charge < -0.3 is 18.9 Å². The van der Waals surface area contributed by atoms with Crippen LogP contribution in [-0.4, -0.2) is 30.6 Å². The molecule has 1 heterocycles. The second-order valence-corrected chi connectivity index (χ2v) is 9.20. The molecule has 1 rings (SSSR count). The SMILES string of the molecule is CCCCCCCCCCCCC(=CP(=O)(OCC)OCC)C1=CC(=O)OC1O. The van der Waals surface area contributed by atoms with E-state index in [-0.39, 0.29) is 13.2 Å². The number of carbonyl (C=O) groups is 1. The first-order valence-electron chi connectivity index (χ1n) is 11.2. The lowest BCUT2D eigenvalue weighted by molar-refractivity contribution is -0.150. The van der Waals surface area contributed by atoms with E-state index in [0.29, 0.717) is 17.6 Å². The Morgan fingerprint density at radius 1 is 1.00 bits per heavy atom. The molecule has 29 heavy (non-hydrogen) atoms. The van der Waals surface area contributed by atoms with Crippen LogP contribution in [0.3, 0.4) is 0 Å². The molecule has 0 fully saturated rings. The Labute approximate surface area is 176 Å². The third-order valence-electron chi connectivity index (χ3n) is 4.87. The van der Waals surface area contributed by atoms with Crippen LogP contribution in [0.5, 0.6) is 0 Å². The molecule has 1 atom stereocenters. The highest BCUT2D eigenvalue weighted by atomic mass is 31.2. The minimum absolute atomic E-state index is 0.246. The molecule has 0 saturated heterocycles. The van der Waals surface area contributed by atoms with E-state index in [9.17, 15) is 14.5 Å². The summed E-state index contributed by atoms with van der Waals surface area (Å²) in [6.07, 6.45) is 12.6. The molecule has 1 aliphatic heterocycles. The Morgan fingerprint density at radius 3 is 1.97 bits per heavy atom. The Hall–Kier alpha value is -0.940. The van der Waals surface area contributed by atoms with Gasteiger partial charge >= 0.3 is 13.6 Å². The van der Waals surface area contributed by atoms with Crippen molar-refractivity contribution in [2.75, 3.05) is 13.2 Å². The summed E-state index contributed by atoms with van der Waals surface area (Å²) in [5.41, 5.74) is 0.957. The van der Waals surface area contributed by atoms with E-state index in [0.717, 1.165) is 19.3 Å². The third-order valence-corrected chi connectivity index (χ3v) is 6.73. The molecule has 0 radical (unpaired) electrons. The maximum absolute atomic E-state index is 12.9. The van der Waals surface area contributed by atoms with Crippen molar-refractivity contribution in [3.05, 3.63) is 23.0 Å². The number of unbranched alkanes of at least 4 members (excludes halogenated alkanes) is 9. The van der Waals surface area contributed by atoms with E-state index in [1.165, 1.54) is 56.8 Å². The maximum atomic E-state index is 12.9. The topological polar surface area (TPSA) is 82.1 Å². The number of cyclic esters (lactones) is 1. The fourth-order valence-electron chi connectivity index (χ4n) is 3.41. The summed E-state index contributed by atoms with van der Waals surface area (Å²) in [6.45, 7) is 6.22. The van der Waals surface area contributed by atoms with Crippen molar-refractivity contribution in [1.29, 1.82) is 0 Å². The molecule has 1 N–H and O–H groups in total. The zero-order valence-electron chi connectivity index (χ0n) is 18.4. The summed E-state index contributed by atoms with van der Waals surface area (Å²) in [6, 6.07) is 0. The summed E-state index contributed by atoms with van der Waals surface area (Å²) in [5.74, 6) is 0.856. The molecule has 0 bridgehead atoms. The van der Waals surface area contributed by atoms with Crippen LogP contribution in [0.25, 0.3) is 0 Å². The van der Waals surface area contributed by atoms with Crippen LogP contribution in [0.15, 0.2) is 23.0 Å². The van der Waals surface area contributed by atoms with Gasteiger partial charge in [0.1, 0.15) is 0 Å². The molecule has 0 amide bonds. The van der Waals surface area contributed by atoms with Gasteiger partial charge in [-0.25, -0.2) is 4.79 Å². The minimum Gasteiger partial charge on any atom is -0.428 e. The lowest BCUT2D eigenvalue weighted by Gasteiger charge is -2.17. The average Bonchev–Trinajstić information content (AvgIpc) is 3.00. The first-order chi connectivity index (χ1) is 14.0. The molecular weight excluding hydrogens is 391 g/mol. The molecule has 1 unspecified atom stereocenters. The highest BCUT2D eigenvalue weighted by molar-refractivity contribution is 7.57. The summed E-state index contributed by atoms with van der Waals surface area (Å²) in [5, 5.41) is 10.0. The molecule has 0 aromatic heterocycles. The fourth-order valence-corrected chi connectivity index (χ4v) is 5.01. The number of aliphatic hydroxyl groups is 1. The van der Waals surface area contributed by atoms with Crippen LogP contribution in [0.4, 0.5) is 0 Å². The number of hydrogen-bond donors (Lipinski definition) is 1. The molecule has 6 nitrogen and oxygen atoms in total. The van der Waals surface area contributed by atoms with Gasteiger partial charge in [0.2, 0.25) is 6.29 Å². The van der Waals surface area contributed by atoms with Gasteiger partial charge in [-0.15, -0.1) is 0 Å². The second kappa shape index (κ2) is 15.0. The standard InChI is InChI=1S/C22H39O6P/c1-4-7-8-9-10-11-12-13-14-15-16-19(20-17-21(23)28-22(20)24)18-29(25,26-5-2)27-6-3/h17-18,22,24H,4-16H2,1-3H3. The molecule has 0 aromatic carbocycles. The minimum atomic E-state index is -3.43. The van der Waals surface area contributed by atoms with E-state index in [1.807, 2.05) is 0 Å². The van der Waals surface area contributed by atoms with Crippen molar-refractivity contribution in [3.63, 3.8) is 0 Å². The molecule has 0 spiro atoms. The highest BCUT2D eigenvalue weighted by Gasteiger charge is 2.30. The van der Waals surface area contributed by atoms with Crippen LogP contribution in [-0.2, 0) is 23.1 Å². The molecule has 1 aliphatic rings. The third kappa shape index (κ3) is 10.6. The van der Waals surface area contributed by atoms with Crippen molar-refractivity contribution in [1.82, 2.24) is 0 Å². The Morgan fingerprint density at radius 2 is 1.52 bits per heavy atom. The van der Waals surface area contributed by atoms with Crippen molar-refractivity contribution < 1.29 is 28.3 Å². The average molecular weight is 431 g/mol. The summed E-state index contributed by atoms with van der Waals surface area (Å²) in [7, 11) is -3.43. The zero-order valence-corrected chi connectivity index (χ0v) is 19.3. The van der Waals surface area contributed by atoms with Gasteiger partial charge in [-0.2, -0.15) is 0 Å². The summed E-state index contributed by atoms with van der Waals surface area (Å²) in [4.78, 5) is 11.5.